The summed E-state index contributed by atoms with van der Waals surface area (Å²) in [5.41, 5.74) is 2.31. The molecule has 5 nitrogen and oxygen atoms in total. The summed E-state index contributed by atoms with van der Waals surface area (Å²) < 4.78 is 0. The first-order chi connectivity index (χ1) is 10.2. The zero-order valence-corrected chi connectivity index (χ0v) is 12.3. The Hall–Kier alpha value is -1.82. The second-order valence-corrected chi connectivity index (χ2v) is 6.46. The van der Waals surface area contributed by atoms with Crippen LogP contribution in [0.5, 0.6) is 0 Å². The van der Waals surface area contributed by atoms with Crippen LogP contribution in [0.25, 0.3) is 5.70 Å². The lowest BCUT2D eigenvalue weighted by molar-refractivity contribution is -0.384. The van der Waals surface area contributed by atoms with E-state index in [4.69, 9.17) is 4.99 Å². The molecule has 6 heteroatoms. The summed E-state index contributed by atoms with van der Waals surface area (Å²) in [5.74, 6) is 0. The minimum absolute atomic E-state index is 0.135. The van der Waals surface area contributed by atoms with Crippen LogP contribution in [0.15, 0.2) is 34.7 Å². The van der Waals surface area contributed by atoms with Crippen LogP contribution in [-0.2, 0) is 0 Å². The second-order valence-electron chi connectivity index (χ2n) is 5.63. The molecule has 1 aliphatic carbocycles. The van der Waals surface area contributed by atoms with Gasteiger partial charge in [-0.3, -0.25) is 15.1 Å². The summed E-state index contributed by atoms with van der Waals surface area (Å²) in [6, 6.07) is 7.73. The van der Waals surface area contributed by atoms with E-state index in [2.05, 4.69) is 10.3 Å². The molecule has 4 rings (SSSR count). The molecule has 21 heavy (non-hydrogen) atoms. The minimum Gasteiger partial charge on any atom is -0.315 e. The third-order valence-electron chi connectivity index (χ3n) is 4.42. The van der Waals surface area contributed by atoms with Gasteiger partial charge in [0.05, 0.1) is 22.7 Å². The van der Waals surface area contributed by atoms with E-state index < -0.39 is 0 Å². The summed E-state index contributed by atoms with van der Waals surface area (Å²) in [7, 11) is 0. The highest BCUT2D eigenvalue weighted by atomic mass is 32.2. The maximum Gasteiger partial charge on any atom is 0.269 e. The Balaban J connectivity index is 1.64. The van der Waals surface area contributed by atoms with Gasteiger partial charge in [0.2, 0.25) is 0 Å². The Bertz CT molecular complexity index is 653. The van der Waals surface area contributed by atoms with Gasteiger partial charge in [-0.2, -0.15) is 0 Å². The molecule has 2 heterocycles. The van der Waals surface area contributed by atoms with Gasteiger partial charge in [0, 0.05) is 17.5 Å². The van der Waals surface area contributed by atoms with Crippen molar-refractivity contribution in [3.63, 3.8) is 0 Å². The molecule has 1 fully saturated rings. The molecule has 2 atom stereocenters. The number of fused-ring (bicyclic) bond motifs is 3. The van der Waals surface area contributed by atoms with Crippen molar-refractivity contribution in [2.45, 2.75) is 37.8 Å². The summed E-state index contributed by atoms with van der Waals surface area (Å²) in [6.45, 7) is 0. The lowest BCUT2D eigenvalue weighted by Gasteiger charge is -2.32. The van der Waals surface area contributed by atoms with Crippen LogP contribution in [-0.4, -0.2) is 27.1 Å². The predicted octanol–water partition coefficient (Wildman–Crippen LogP) is 3.62. The first-order valence-corrected chi connectivity index (χ1v) is 8.11. The number of non-ortho nitro benzene ring substituents is 1. The quantitative estimate of drug-likeness (QED) is 0.618. The lowest BCUT2D eigenvalue weighted by atomic mass is 9.90. The molecule has 3 aliphatic rings. The zero-order chi connectivity index (χ0) is 14.4. The molecule has 2 aliphatic heterocycles. The van der Waals surface area contributed by atoms with E-state index in [1.54, 1.807) is 23.9 Å². The number of amidine groups is 1. The first kappa shape index (κ1) is 12.9. The lowest BCUT2D eigenvalue weighted by Crippen LogP contribution is -2.38. The number of nitrogens with zero attached hydrogens (tertiary/aromatic N) is 3. The summed E-state index contributed by atoms with van der Waals surface area (Å²) in [4.78, 5) is 17.6. The van der Waals surface area contributed by atoms with Crippen LogP contribution in [0.4, 0.5) is 5.69 Å². The van der Waals surface area contributed by atoms with Gasteiger partial charge in [-0.15, -0.1) is 0 Å². The third-order valence-corrected chi connectivity index (χ3v) is 5.27. The number of thioether (sulfide) groups is 1. The monoisotopic (exact) mass is 301 g/mol. The fourth-order valence-electron chi connectivity index (χ4n) is 3.38. The highest BCUT2D eigenvalue weighted by Crippen LogP contribution is 2.44. The van der Waals surface area contributed by atoms with E-state index >= 15 is 0 Å². The molecule has 0 N–H and O–H groups in total. The average Bonchev–Trinajstić information content (AvgIpc) is 3.06. The molecule has 0 bridgehead atoms. The molecule has 0 unspecified atom stereocenters. The molecule has 108 valence electrons. The number of hydrogen-bond acceptors (Lipinski definition) is 5. The Morgan fingerprint density at radius 2 is 2.00 bits per heavy atom. The van der Waals surface area contributed by atoms with Crippen LogP contribution in [0.1, 0.15) is 31.2 Å². The maximum absolute atomic E-state index is 10.8. The smallest absolute Gasteiger partial charge is 0.269 e. The standard InChI is InChI=1S/C15H15N3O2S/c19-18(20)11-7-5-10(6-8-11)14-9-21-15-16-12-3-1-2-4-13(12)17(14)15/h5-9,12-13H,1-4H2/t12-,13-/m1/s1. The highest BCUT2D eigenvalue weighted by Gasteiger charge is 2.42. The number of hydrogen-bond donors (Lipinski definition) is 0. The number of rotatable bonds is 2. The molecular formula is C15H15N3O2S. The number of nitro groups is 1. The Morgan fingerprint density at radius 3 is 2.76 bits per heavy atom. The normalized spacial score (nSPS) is 27.0. The fraction of sp³-hybridized carbons (Fsp3) is 0.400. The largest absolute Gasteiger partial charge is 0.315 e. The van der Waals surface area contributed by atoms with Gasteiger partial charge in [0.25, 0.3) is 5.69 Å². The van der Waals surface area contributed by atoms with Crippen LogP contribution in [0.2, 0.25) is 0 Å². The van der Waals surface area contributed by atoms with Crippen molar-refractivity contribution in [1.82, 2.24) is 4.90 Å². The van der Waals surface area contributed by atoms with Gasteiger partial charge in [-0.05, 0) is 30.5 Å². The topological polar surface area (TPSA) is 58.7 Å². The van der Waals surface area contributed by atoms with Crippen molar-refractivity contribution in [2.24, 2.45) is 4.99 Å². The Labute approximate surface area is 126 Å². The van der Waals surface area contributed by atoms with Gasteiger partial charge >= 0.3 is 0 Å². The molecule has 0 radical (unpaired) electrons. The number of aliphatic imine (C=N–C) groups is 1. The van der Waals surface area contributed by atoms with Crippen molar-refractivity contribution in [3.8, 4) is 0 Å². The van der Waals surface area contributed by atoms with Crippen molar-refractivity contribution in [2.75, 3.05) is 0 Å². The molecular weight excluding hydrogens is 286 g/mol. The van der Waals surface area contributed by atoms with Gasteiger partial charge in [-0.1, -0.05) is 24.6 Å². The molecule has 0 amide bonds. The van der Waals surface area contributed by atoms with E-state index in [0.29, 0.717) is 12.1 Å². The van der Waals surface area contributed by atoms with E-state index in [0.717, 1.165) is 16.4 Å². The van der Waals surface area contributed by atoms with Crippen molar-refractivity contribution in [1.29, 1.82) is 0 Å². The molecule has 0 saturated heterocycles. The van der Waals surface area contributed by atoms with Gasteiger partial charge in [0.15, 0.2) is 5.17 Å². The van der Waals surface area contributed by atoms with Gasteiger partial charge in [0.1, 0.15) is 0 Å². The predicted molar refractivity (Wildman–Crippen MR) is 84.0 cm³/mol. The fourth-order valence-corrected chi connectivity index (χ4v) is 4.39. The molecule has 1 aromatic rings. The summed E-state index contributed by atoms with van der Waals surface area (Å²) in [6.07, 6.45) is 4.90. The number of benzene rings is 1. The molecule has 1 saturated carbocycles. The molecule has 1 aromatic carbocycles. The van der Waals surface area contributed by atoms with E-state index in [1.165, 1.54) is 25.7 Å². The number of nitro benzene ring substituents is 1. The minimum atomic E-state index is -0.360. The second kappa shape index (κ2) is 4.87. The average molecular weight is 301 g/mol. The van der Waals surface area contributed by atoms with Crippen molar-refractivity contribution < 1.29 is 4.92 Å². The molecule has 0 aromatic heterocycles. The summed E-state index contributed by atoms with van der Waals surface area (Å²) >= 11 is 1.67. The van der Waals surface area contributed by atoms with Crippen LogP contribution < -0.4 is 0 Å². The first-order valence-electron chi connectivity index (χ1n) is 7.23. The summed E-state index contributed by atoms with van der Waals surface area (Å²) in [5, 5.41) is 14.0. The van der Waals surface area contributed by atoms with E-state index in [1.807, 2.05) is 12.1 Å². The SMILES string of the molecule is O=[N+]([O-])c1ccc(C2=CSC3=N[C@@H]4CCCC[C@H]4N23)cc1. The van der Waals surface area contributed by atoms with Crippen molar-refractivity contribution >= 4 is 28.3 Å². The zero-order valence-electron chi connectivity index (χ0n) is 11.4. The molecule has 0 spiro atoms. The van der Waals surface area contributed by atoms with Crippen LogP contribution in [0.3, 0.4) is 0 Å². The highest BCUT2D eigenvalue weighted by molar-refractivity contribution is 8.16. The van der Waals surface area contributed by atoms with Gasteiger partial charge < -0.3 is 4.90 Å². The van der Waals surface area contributed by atoms with E-state index in [9.17, 15) is 10.1 Å². The Kier molecular flexibility index (Phi) is 2.99. The van der Waals surface area contributed by atoms with Gasteiger partial charge in [-0.25, -0.2) is 0 Å². The van der Waals surface area contributed by atoms with E-state index in [-0.39, 0.29) is 10.6 Å². The van der Waals surface area contributed by atoms with Crippen LogP contribution >= 0.6 is 11.8 Å². The maximum atomic E-state index is 10.8. The third kappa shape index (κ3) is 2.05. The van der Waals surface area contributed by atoms with Crippen LogP contribution in [0, 0.1) is 10.1 Å². The van der Waals surface area contributed by atoms with Crippen molar-refractivity contribution in [3.05, 3.63) is 45.4 Å². The Morgan fingerprint density at radius 1 is 1.24 bits per heavy atom.